The molecule has 114 valence electrons. The number of carbonyl (C=O) groups is 1. The maximum atomic E-state index is 11.4. The number of nitro groups is 2. The molecule has 8 nitrogen and oxygen atoms in total. The van der Waals surface area contributed by atoms with Crippen LogP contribution < -0.4 is 0 Å². The van der Waals surface area contributed by atoms with E-state index in [0.717, 1.165) is 11.5 Å². The van der Waals surface area contributed by atoms with E-state index in [-0.39, 0.29) is 10.8 Å². The largest absolute Gasteiger partial charge is 0.477 e. The van der Waals surface area contributed by atoms with Gasteiger partial charge in [0.25, 0.3) is 11.4 Å². The third-order valence-corrected chi connectivity index (χ3v) is 3.55. The molecule has 0 saturated heterocycles. The molecule has 0 saturated carbocycles. The van der Waals surface area contributed by atoms with Crippen molar-refractivity contribution in [2.75, 3.05) is 0 Å². The van der Waals surface area contributed by atoms with Crippen molar-refractivity contribution in [3.05, 3.63) is 68.3 Å². The molecule has 8 heteroatoms. The maximum absolute atomic E-state index is 11.4. The van der Waals surface area contributed by atoms with Crippen LogP contribution in [0.4, 0.5) is 11.4 Å². The van der Waals surface area contributed by atoms with Crippen LogP contribution in [0, 0.1) is 20.2 Å². The third-order valence-electron chi connectivity index (χ3n) is 3.55. The lowest BCUT2D eigenvalue weighted by Gasteiger charge is -2.06. The van der Waals surface area contributed by atoms with Gasteiger partial charge in [-0.15, -0.1) is 0 Å². The van der Waals surface area contributed by atoms with Gasteiger partial charge in [-0.05, 0) is 28.3 Å². The second-order valence-corrected chi connectivity index (χ2v) is 4.86. The first-order chi connectivity index (χ1) is 10.9. The van der Waals surface area contributed by atoms with Gasteiger partial charge in [-0.3, -0.25) is 20.2 Å². The van der Waals surface area contributed by atoms with Gasteiger partial charge in [-0.25, -0.2) is 4.79 Å². The molecule has 0 atom stereocenters. The Kier molecular flexibility index (Phi) is 3.14. The molecule has 0 radical (unpaired) electrons. The van der Waals surface area contributed by atoms with Gasteiger partial charge in [0, 0.05) is 6.07 Å². The normalized spacial score (nSPS) is 10.8. The SMILES string of the molecule is O=C(O)c1c([N+](=O)[O-])cc2cc3ccccc3cc2c1[N+](=O)[O-]. The van der Waals surface area contributed by atoms with E-state index in [0.29, 0.717) is 5.39 Å². The fourth-order valence-electron chi connectivity index (χ4n) is 2.60. The Bertz CT molecular complexity index is 1010. The van der Waals surface area contributed by atoms with E-state index in [4.69, 9.17) is 0 Å². The van der Waals surface area contributed by atoms with Crippen LogP contribution in [0.3, 0.4) is 0 Å². The lowest BCUT2D eigenvalue weighted by atomic mass is 9.98. The second kappa shape index (κ2) is 5.02. The third kappa shape index (κ3) is 2.22. The summed E-state index contributed by atoms with van der Waals surface area (Å²) in [5, 5.41) is 33.4. The summed E-state index contributed by atoms with van der Waals surface area (Å²) >= 11 is 0. The lowest BCUT2D eigenvalue weighted by Crippen LogP contribution is -2.07. The Balaban J connectivity index is 2.58. The molecule has 3 rings (SSSR count). The average Bonchev–Trinajstić information content (AvgIpc) is 2.50. The highest BCUT2D eigenvalue weighted by molar-refractivity contribution is 6.10. The molecule has 3 aromatic rings. The van der Waals surface area contributed by atoms with Gasteiger partial charge < -0.3 is 5.11 Å². The zero-order valence-electron chi connectivity index (χ0n) is 11.4. The first-order valence-electron chi connectivity index (χ1n) is 6.41. The minimum absolute atomic E-state index is 0.0525. The molecule has 0 bridgehead atoms. The van der Waals surface area contributed by atoms with Gasteiger partial charge in [0.1, 0.15) is 0 Å². The van der Waals surface area contributed by atoms with Crippen LogP contribution in [-0.4, -0.2) is 20.9 Å². The molecule has 3 aromatic carbocycles. The molecule has 1 N–H and O–H groups in total. The van der Waals surface area contributed by atoms with Crippen LogP contribution in [0.25, 0.3) is 21.5 Å². The number of nitrogens with zero attached hydrogens (tertiary/aromatic N) is 2. The first kappa shape index (κ1) is 14.4. The van der Waals surface area contributed by atoms with Crippen LogP contribution in [-0.2, 0) is 0 Å². The Hall–Kier alpha value is -3.55. The molecule has 0 aliphatic heterocycles. The highest BCUT2D eigenvalue weighted by Crippen LogP contribution is 2.38. The number of fused-ring (bicyclic) bond motifs is 2. The molecule has 0 amide bonds. The quantitative estimate of drug-likeness (QED) is 0.448. The van der Waals surface area contributed by atoms with Crippen molar-refractivity contribution in [3.63, 3.8) is 0 Å². The molecule has 0 fully saturated rings. The predicted octanol–water partition coefficient (Wildman–Crippen LogP) is 3.51. The van der Waals surface area contributed by atoms with E-state index in [1.54, 1.807) is 30.3 Å². The minimum atomic E-state index is -1.71. The van der Waals surface area contributed by atoms with Crippen molar-refractivity contribution in [3.8, 4) is 0 Å². The Morgan fingerprint density at radius 1 is 0.913 bits per heavy atom. The molecule has 0 unspecified atom stereocenters. The summed E-state index contributed by atoms with van der Waals surface area (Å²) in [6, 6.07) is 11.1. The molecule has 0 aliphatic carbocycles. The summed E-state index contributed by atoms with van der Waals surface area (Å²) < 4.78 is 0. The highest BCUT2D eigenvalue weighted by atomic mass is 16.6. The van der Waals surface area contributed by atoms with E-state index in [2.05, 4.69) is 0 Å². The lowest BCUT2D eigenvalue weighted by molar-refractivity contribution is -0.393. The maximum Gasteiger partial charge on any atom is 0.349 e. The molecule has 23 heavy (non-hydrogen) atoms. The highest BCUT2D eigenvalue weighted by Gasteiger charge is 2.33. The van der Waals surface area contributed by atoms with Crippen molar-refractivity contribution < 1.29 is 19.7 Å². The van der Waals surface area contributed by atoms with Crippen molar-refractivity contribution in [2.24, 2.45) is 0 Å². The van der Waals surface area contributed by atoms with E-state index in [1.807, 2.05) is 0 Å². The van der Waals surface area contributed by atoms with Gasteiger partial charge in [-0.2, -0.15) is 0 Å². The number of benzene rings is 3. The van der Waals surface area contributed by atoms with Gasteiger partial charge in [0.15, 0.2) is 0 Å². The molecule has 0 aliphatic rings. The van der Waals surface area contributed by atoms with Crippen molar-refractivity contribution >= 4 is 38.9 Å². The van der Waals surface area contributed by atoms with Crippen LogP contribution >= 0.6 is 0 Å². The molecular formula is C15H8N2O6. The van der Waals surface area contributed by atoms with E-state index < -0.39 is 32.8 Å². The van der Waals surface area contributed by atoms with Gasteiger partial charge >= 0.3 is 5.97 Å². The topological polar surface area (TPSA) is 124 Å². The summed E-state index contributed by atoms with van der Waals surface area (Å²) in [5.74, 6) is -1.71. The van der Waals surface area contributed by atoms with Crippen molar-refractivity contribution in [2.45, 2.75) is 0 Å². The summed E-state index contributed by atoms with van der Waals surface area (Å²) in [5.41, 5.74) is -2.48. The van der Waals surface area contributed by atoms with Crippen LogP contribution in [0.5, 0.6) is 0 Å². The zero-order chi connectivity index (χ0) is 16.7. The first-order valence-corrected chi connectivity index (χ1v) is 6.41. The summed E-state index contributed by atoms with van der Waals surface area (Å²) in [4.78, 5) is 32.0. The number of nitro benzene ring substituents is 2. The molecule has 0 aromatic heterocycles. The number of carboxylic acid groups (broad SMARTS) is 1. The fraction of sp³-hybridized carbons (Fsp3) is 0. The number of hydrogen-bond acceptors (Lipinski definition) is 5. The van der Waals surface area contributed by atoms with Crippen LogP contribution in [0.15, 0.2) is 42.5 Å². The van der Waals surface area contributed by atoms with Crippen molar-refractivity contribution in [1.82, 2.24) is 0 Å². The Morgan fingerprint density at radius 2 is 1.52 bits per heavy atom. The van der Waals surface area contributed by atoms with E-state index in [9.17, 15) is 30.1 Å². The van der Waals surface area contributed by atoms with Crippen LogP contribution in [0.2, 0.25) is 0 Å². The standard InChI is InChI=1S/C15H8N2O6/c18-15(19)13-12(16(20)21)7-10-5-8-3-1-2-4-9(8)6-11(10)14(13)17(22)23/h1-7H,(H,18,19). The smallest absolute Gasteiger partial charge is 0.349 e. The minimum Gasteiger partial charge on any atom is -0.477 e. The second-order valence-electron chi connectivity index (χ2n) is 4.86. The van der Waals surface area contributed by atoms with Gasteiger partial charge in [0.2, 0.25) is 5.56 Å². The Labute approximate surface area is 127 Å². The number of carboxylic acids is 1. The summed E-state index contributed by atoms with van der Waals surface area (Å²) in [6.07, 6.45) is 0. The average molecular weight is 312 g/mol. The number of rotatable bonds is 3. The van der Waals surface area contributed by atoms with Gasteiger partial charge in [-0.1, -0.05) is 24.3 Å². The molecule has 0 spiro atoms. The van der Waals surface area contributed by atoms with E-state index in [1.165, 1.54) is 6.07 Å². The molecule has 0 heterocycles. The predicted molar refractivity (Wildman–Crippen MR) is 81.7 cm³/mol. The summed E-state index contributed by atoms with van der Waals surface area (Å²) in [7, 11) is 0. The molecular weight excluding hydrogens is 304 g/mol. The number of hydrogen-bond donors (Lipinski definition) is 1. The Morgan fingerprint density at radius 3 is 2.04 bits per heavy atom. The van der Waals surface area contributed by atoms with Gasteiger partial charge in [0.05, 0.1) is 15.2 Å². The van der Waals surface area contributed by atoms with Crippen molar-refractivity contribution in [1.29, 1.82) is 0 Å². The summed E-state index contributed by atoms with van der Waals surface area (Å²) in [6.45, 7) is 0. The monoisotopic (exact) mass is 312 g/mol. The fourth-order valence-corrected chi connectivity index (χ4v) is 2.60. The number of aromatic carboxylic acids is 1. The van der Waals surface area contributed by atoms with E-state index >= 15 is 0 Å². The van der Waals surface area contributed by atoms with Crippen LogP contribution in [0.1, 0.15) is 10.4 Å². The zero-order valence-corrected chi connectivity index (χ0v) is 11.4.